The fourth-order valence-electron chi connectivity index (χ4n) is 7.71. The Morgan fingerprint density at radius 3 is 1.91 bits per heavy atom. The fourth-order valence-corrected chi connectivity index (χ4v) is 7.71. The van der Waals surface area contributed by atoms with Crippen LogP contribution in [0.3, 0.4) is 0 Å². The molecule has 0 unspecified atom stereocenters. The molecule has 0 aliphatic heterocycles. The molecular formula is C56H71FN4O5. The quantitative estimate of drug-likeness (QED) is 0.0334. The number of hydrogen-bond donors (Lipinski definition) is 4. The van der Waals surface area contributed by atoms with E-state index in [-0.39, 0.29) is 61.8 Å². The summed E-state index contributed by atoms with van der Waals surface area (Å²) >= 11 is 0. The Labute approximate surface area is 392 Å². The average molecular weight is 899 g/mol. The van der Waals surface area contributed by atoms with Gasteiger partial charge in [0.1, 0.15) is 5.82 Å². The van der Waals surface area contributed by atoms with Gasteiger partial charge >= 0.3 is 0 Å². The van der Waals surface area contributed by atoms with Crippen molar-refractivity contribution in [1.82, 2.24) is 14.8 Å². The third kappa shape index (κ3) is 18.1. The second-order valence-electron chi connectivity index (χ2n) is 16.8. The highest BCUT2D eigenvalue weighted by molar-refractivity contribution is 6.12. The number of halogens is 1. The molecule has 0 saturated carbocycles. The number of carbonyl (C=O) groups is 3. The molecule has 0 bridgehead atoms. The summed E-state index contributed by atoms with van der Waals surface area (Å²) in [4.78, 5) is 41.4. The van der Waals surface area contributed by atoms with Gasteiger partial charge in [0, 0.05) is 50.0 Å². The molecule has 3 aromatic carbocycles. The van der Waals surface area contributed by atoms with E-state index >= 15 is 0 Å². The van der Waals surface area contributed by atoms with E-state index in [1.54, 1.807) is 24.1 Å². The molecule has 9 nitrogen and oxygen atoms in total. The van der Waals surface area contributed by atoms with E-state index in [0.717, 1.165) is 56.2 Å². The van der Waals surface area contributed by atoms with Crippen molar-refractivity contribution in [3.63, 3.8) is 0 Å². The van der Waals surface area contributed by atoms with Crippen LogP contribution in [0.5, 0.6) is 0 Å². The number of likely N-dealkylation sites (N-methyl/N-ethyl adjacent to an activating group) is 1. The van der Waals surface area contributed by atoms with Crippen molar-refractivity contribution in [3.05, 3.63) is 163 Å². The SMILES string of the molecule is CCC=CCC=CCC=CCC=CCC=CCCCC(=O)N(C)CCNC(=O)C[C@H](O)C[C@H](O)CCn1c(-c2ccc(F)cc2)c(-c2ccccc2)c(C(=O)Nc2ccccc2)c1C(C)C. The Balaban J connectivity index is 1.26. The molecular weight excluding hydrogens is 828 g/mol. The summed E-state index contributed by atoms with van der Waals surface area (Å²) in [6, 6.07) is 25.0. The van der Waals surface area contributed by atoms with E-state index in [4.69, 9.17) is 0 Å². The van der Waals surface area contributed by atoms with Crippen LogP contribution in [-0.4, -0.2) is 69.7 Å². The van der Waals surface area contributed by atoms with Gasteiger partial charge in [0.15, 0.2) is 0 Å². The molecule has 66 heavy (non-hydrogen) atoms. The third-order valence-electron chi connectivity index (χ3n) is 11.1. The van der Waals surface area contributed by atoms with Crippen molar-refractivity contribution >= 4 is 23.4 Å². The van der Waals surface area contributed by atoms with Gasteiger partial charge in [0.2, 0.25) is 11.8 Å². The van der Waals surface area contributed by atoms with Gasteiger partial charge in [-0.15, -0.1) is 0 Å². The van der Waals surface area contributed by atoms with Crippen LogP contribution in [0.1, 0.15) is 113 Å². The van der Waals surface area contributed by atoms with E-state index in [0.29, 0.717) is 41.0 Å². The number of allylic oxidation sites excluding steroid dienone is 10. The maximum atomic E-state index is 14.3. The van der Waals surface area contributed by atoms with E-state index in [1.165, 1.54) is 12.1 Å². The summed E-state index contributed by atoms with van der Waals surface area (Å²) < 4.78 is 16.3. The molecule has 10 heteroatoms. The van der Waals surface area contributed by atoms with E-state index in [9.17, 15) is 29.0 Å². The summed E-state index contributed by atoms with van der Waals surface area (Å²) in [5.74, 6) is -1.18. The molecule has 352 valence electrons. The minimum absolute atomic E-state index is 0.00509. The number of aliphatic hydroxyl groups excluding tert-OH is 2. The lowest BCUT2D eigenvalue weighted by atomic mass is 9.94. The zero-order chi connectivity index (χ0) is 47.5. The predicted octanol–water partition coefficient (Wildman–Crippen LogP) is 11.7. The predicted molar refractivity (Wildman–Crippen MR) is 269 cm³/mol. The number of para-hydroxylation sites is 1. The third-order valence-corrected chi connectivity index (χ3v) is 11.1. The molecule has 0 aliphatic carbocycles. The van der Waals surface area contributed by atoms with Gasteiger partial charge in [-0.3, -0.25) is 14.4 Å². The highest BCUT2D eigenvalue weighted by atomic mass is 19.1. The Bertz CT molecular complexity index is 2220. The number of benzene rings is 3. The van der Waals surface area contributed by atoms with Crippen LogP contribution < -0.4 is 10.6 Å². The van der Waals surface area contributed by atoms with Crippen LogP contribution in [0.15, 0.2) is 146 Å². The van der Waals surface area contributed by atoms with E-state index in [1.807, 2.05) is 79.1 Å². The van der Waals surface area contributed by atoms with Gasteiger partial charge < -0.3 is 30.3 Å². The maximum absolute atomic E-state index is 14.3. The number of anilines is 1. The maximum Gasteiger partial charge on any atom is 0.258 e. The molecule has 2 atom stereocenters. The van der Waals surface area contributed by atoms with Crippen molar-refractivity contribution in [3.8, 4) is 22.4 Å². The number of nitrogens with one attached hydrogen (secondary N) is 2. The lowest BCUT2D eigenvalue weighted by molar-refractivity contribution is -0.130. The Hall–Kier alpha value is -6.10. The van der Waals surface area contributed by atoms with Gasteiger partial charge in [0.25, 0.3) is 5.91 Å². The summed E-state index contributed by atoms with van der Waals surface area (Å²) in [6.45, 7) is 7.02. The number of amides is 3. The Kier molecular flexibility index (Phi) is 23.4. The van der Waals surface area contributed by atoms with Gasteiger partial charge in [-0.05, 0) is 111 Å². The van der Waals surface area contributed by atoms with Crippen LogP contribution >= 0.6 is 0 Å². The number of hydrogen-bond acceptors (Lipinski definition) is 5. The minimum atomic E-state index is -1.10. The lowest BCUT2D eigenvalue weighted by Crippen LogP contribution is -2.37. The van der Waals surface area contributed by atoms with Gasteiger partial charge in [-0.1, -0.05) is 130 Å². The number of nitrogens with zero attached hydrogens (tertiary/aromatic N) is 2. The van der Waals surface area contributed by atoms with Gasteiger partial charge in [-0.2, -0.15) is 0 Å². The lowest BCUT2D eigenvalue weighted by Gasteiger charge is -2.21. The number of rotatable bonds is 28. The first-order chi connectivity index (χ1) is 32.0. The zero-order valence-electron chi connectivity index (χ0n) is 39.4. The monoisotopic (exact) mass is 899 g/mol. The molecule has 4 rings (SSSR count). The second kappa shape index (κ2) is 29.4. The minimum Gasteiger partial charge on any atom is -0.393 e. The number of aromatic nitrogens is 1. The van der Waals surface area contributed by atoms with Crippen LogP contribution in [0, 0.1) is 5.82 Å². The van der Waals surface area contributed by atoms with E-state index < -0.39 is 12.2 Å². The van der Waals surface area contributed by atoms with Crippen LogP contribution in [0.2, 0.25) is 0 Å². The molecule has 0 aliphatic rings. The Morgan fingerprint density at radius 1 is 0.742 bits per heavy atom. The van der Waals surface area contributed by atoms with Crippen LogP contribution in [0.4, 0.5) is 10.1 Å². The normalized spacial score (nSPS) is 12.9. The van der Waals surface area contributed by atoms with Crippen LogP contribution in [0.25, 0.3) is 22.4 Å². The molecule has 0 radical (unpaired) electrons. The number of aliphatic hydroxyl groups is 2. The zero-order valence-corrected chi connectivity index (χ0v) is 39.4. The van der Waals surface area contributed by atoms with E-state index in [2.05, 4.69) is 78.3 Å². The van der Waals surface area contributed by atoms with Crippen molar-refractivity contribution in [2.75, 3.05) is 25.5 Å². The van der Waals surface area contributed by atoms with Crippen molar-refractivity contribution in [2.24, 2.45) is 0 Å². The average Bonchev–Trinajstić information content (AvgIpc) is 3.65. The molecule has 1 heterocycles. The largest absolute Gasteiger partial charge is 0.393 e. The molecule has 0 saturated heterocycles. The van der Waals surface area contributed by atoms with Gasteiger partial charge in [0.05, 0.1) is 29.9 Å². The highest BCUT2D eigenvalue weighted by Crippen LogP contribution is 2.42. The Morgan fingerprint density at radius 2 is 1.32 bits per heavy atom. The van der Waals surface area contributed by atoms with Crippen molar-refractivity contribution in [1.29, 1.82) is 0 Å². The molecule has 1 aromatic heterocycles. The molecule has 0 spiro atoms. The summed E-state index contributed by atoms with van der Waals surface area (Å²) in [7, 11) is 1.72. The standard InChI is InChI=1S/C56H71FN4O5/c1-5-6-7-8-9-10-11-12-13-14-15-16-17-18-19-20-27-32-51(65)60(4)40-38-58-50(64)42-49(63)41-48(62)37-39-61-54(43(2)3)53(56(66)59-47-30-25-22-26-31-47)52(44-28-23-21-24-29-44)55(61)45-33-35-46(57)36-34-45/h6-7,9-10,12-13,15-16,18-19,21-26,28-31,33-36,43,48-49,62-63H,5,8,11,14,17,20,27,32,37-42H2,1-4H3,(H,58,64)(H,59,66)/t48-,49-/m1/s1. The molecule has 0 fully saturated rings. The summed E-state index contributed by atoms with van der Waals surface area (Å²) in [5.41, 5.74) is 4.80. The number of carbonyl (C=O) groups excluding carboxylic acids is 3. The first-order valence-electron chi connectivity index (χ1n) is 23.6. The van der Waals surface area contributed by atoms with Gasteiger partial charge in [-0.25, -0.2) is 4.39 Å². The van der Waals surface area contributed by atoms with Crippen molar-refractivity contribution < 1.29 is 29.0 Å². The first-order valence-corrected chi connectivity index (χ1v) is 23.6. The summed E-state index contributed by atoms with van der Waals surface area (Å²) in [5, 5.41) is 28.0. The smallest absolute Gasteiger partial charge is 0.258 e. The number of unbranched alkanes of at least 4 members (excludes halogenated alkanes) is 1. The molecule has 3 amide bonds. The fraction of sp³-hybridized carbons (Fsp3) is 0.375. The molecule has 4 N–H and O–H groups in total. The highest BCUT2D eigenvalue weighted by Gasteiger charge is 2.31. The summed E-state index contributed by atoms with van der Waals surface area (Å²) in [6.07, 6.45) is 26.3. The topological polar surface area (TPSA) is 124 Å². The van der Waals surface area contributed by atoms with Crippen molar-refractivity contribution in [2.45, 2.75) is 116 Å². The second-order valence-corrected chi connectivity index (χ2v) is 16.8. The first kappa shape index (κ1) is 52.5. The van der Waals surface area contributed by atoms with Crippen LogP contribution in [-0.2, 0) is 16.1 Å². The molecule has 4 aromatic rings.